The van der Waals surface area contributed by atoms with E-state index < -0.39 is 0 Å². The van der Waals surface area contributed by atoms with E-state index in [4.69, 9.17) is 5.73 Å². The second-order valence-electron chi connectivity index (χ2n) is 4.42. The van der Waals surface area contributed by atoms with E-state index in [0.717, 1.165) is 23.2 Å². The summed E-state index contributed by atoms with van der Waals surface area (Å²) in [5, 5.41) is 2.92. The summed E-state index contributed by atoms with van der Waals surface area (Å²) in [5.41, 5.74) is 8.70. The molecule has 0 spiro atoms. The zero-order valence-electron chi connectivity index (χ0n) is 11.9. The van der Waals surface area contributed by atoms with E-state index in [1.807, 2.05) is 25.1 Å². The molecule has 0 aliphatic carbocycles. The molecule has 0 aliphatic heterocycles. The maximum absolute atomic E-state index is 12.2. The number of anilines is 1. The second-order valence-corrected chi connectivity index (χ2v) is 4.42. The maximum atomic E-state index is 12.2. The molecule has 0 unspecified atom stereocenters. The Labute approximate surface area is 124 Å². The van der Waals surface area contributed by atoms with Crippen LogP contribution in [0.2, 0.25) is 0 Å². The molecule has 1 aromatic heterocycles. The fourth-order valence-corrected chi connectivity index (χ4v) is 1.94. The van der Waals surface area contributed by atoms with Gasteiger partial charge in [-0.1, -0.05) is 18.8 Å². The number of hydrogen-bond donors (Lipinski definition) is 2. The van der Waals surface area contributed by atoms with E-state index in [2.05, 4.69) is 22.1 Å². The smallest absolute Gasteiger partial charge is 0.255 e. The fourth-order valence-electron chi connectivity index (χ4n) is 1.94. The van der Waals surface area contributed by atoms with Crippen LogP contribution in [0, 0.1) is 11.8 Å². The molecular formula is C17H17N3O. The van der Waals surface area contributed by atoms with Gasteiger partial charge in [0.25, 0.3) is 5.91 Å². The summed E-state index contributed by atoms with van der Waals surface area (Å²) in [6.07, 6.45) is 4.01. The molecule has 0 saturated carbocycles. The van der Waals surface area contributed by atoms with Crippen molar-refractivity contribution in [2.45, 2.75) is 13.3 Å². The van der Waals surface area contributed by atoms with Gasteiger partial charge < -0.3 is 11.1 Å². The number of benzene rings is 1. The van der Waals surface area contributed by atoms with Crippen molar-refractivity contribution in [1.82, 2.24) is 4.98 Å². The number of pyridine rings is 1. The summed E-state index contributed by atoms with van der Waals surface area (Å²) in [6, 6.07) is 9.09. The van der Waals surface area contributed by atoms with Gasteiger partial charge >= 0.3 is 0 Å². The molecule has 1 amide bonds. The monoisotopic (exact) mass is 279 g/mol. The van der Waals surface area contributed by atoms with E-state index in [1.165, 1.54) is 0 Å². The van der Waals surface area contributed by atoms with Gasteiger partial charge in [0.2, 0.25) is 0 Å². The molecule has 1 heterocycles. The zero-order chi connectivity index (χ0) is 15.1. The number of nitrogens with two attached hydrogens (primary N) is 1. The van der Waals surface area contributed by atoms with Crippen LogP contribution in [0.15, 0.2) is 42.7 Å². The highest BCUT2D eigenvalue weighted by Gasteiger charge is 2.08. The summed E-state index contributed by atoms with van der Waals surface area (Å²) in [6.45, 7) is 2.37. The van der Waals surface area contributed by atoms with E-state index in [1.54, 1.807) is 24.5 Å². The molecule has 4 heteroatoms. The molecule has 0 fully saturated rings. The lowest BCUT2D eigenvalue weighted by Gasteiger charge is -2.10. The lowest BCUT2D eigenvalue weighted by Crippen LogP contribution is -2.13. The summed E-state index contributed by atoms with van der Waals surface area (Å²) < 4.78 is 0. The largest absolute Gasteiger partial charge is 0.322 e. The van der Waals surface area contributed by atoms with Crippen LogP contribution in [-0.4, -0.2) is 17.4 Å². The number of aryl methyl sites for hydroxylation is 1. The lowest BCUT2D eigenvalue weighted by atomic mass is 10.1. The molecule has 21 heavy (non-hydrogen) atoms. The number of rotatable bonds is 3. The molecule has 106 valence electrons. The summed E-state index contributed by atoms with van der Waals surface area (Å²) in [7, 11) is 0. The molecule has 0 saturated heterocycles. The molecule has 0 bridgehead atoms. The summed E-state index contributed by atoms with van der Waals surface area (Å²) in [5.74, 6) is 5.68. The first-order valence-electron chi connectivity index (χ1n) is 6.78. The van der Waals surface area contributed by atoms with Crippen molar-refractivity contribution < 1.29 is 4.79 Å². The number of hydrogen-bond acceptors (Lipinski definition) is 3. The molecule has 0 atom stereocenters. The predicted octanol–water partition coefficient (Wildman–Crippen LogP) is 2.21. The van der Waals surface area contributed by atoms with Gasteiger partial charge in [0.1, 0.15) is 0 Å². The minimum atomic E-state index is -0.145. The number of nitrogens with zero attached hydrogens (tertiary/aromatic N) is 1. The van der Waals surface area contributed by atoms with Gasteiger partial charge in [-0.25, -0.2) is 0 Å². The maximum Gasteiger partial charge on any atom is 0.255 e. The van der Waals surface area contributed by atoms with Crippen LogP contribution in [0.3, 0.4) is 0 Å². The number of carbonyl (C=O) groups excluding carboxylic acids is 1. The normalized spacial score (nSPS) is 9.62. The third-order valence-corrected chi connectivity index (χ3v) is 3.01. The Kier molecular flexibility index (Phi) is 5.08. The first-order valence-corrected chi connectivity index (χ1v) is 6.78. The SMILES string of the molecule is CCc1cc(C#CCN)ccc1NC(=O)c1ccncc1. The topological polar surface area (TPSA) is 68.0 Å². The Morgan fingerprint density at radius 1 is 1.29 bits per heavy atom. The quantitative estimate of drug-likeness (QED) is 0.846. The molecule has 3 N–H and O–H groups in total. The van der Waals surface area contributed by atoms with Crippen LogP contribution >= 0.6 is 0 Å². The Bertz CT molecular complexity index is 684. The van der Waals surface area contributed by atoms with Gasteiger partial charge in [0.05, 0.1) is 6.54 Å². The van der Waals surface area contributed by atoms with Crippen molar-refractivity contribution in [3.63, 3.8) is 0 Å². The van der Waals surface area contributed by atoms with Crippen molar-refractivity contribution in [1.29, 1.82) is 0 Å². The van der Waals surface area contributed by atoms with Crippen molar-refractivity contribution >= 4 is 11.6 Å². The van der Waals surface area contributed by atoms with Crippen LogP contribution < -0.4 is 11.1 Å². The molecule has 2 rings (SSSR count). The Morgan fingerprint density at radius 3 is 2.71 bits per heavy atom. The van der Waals surface area contributed by atoms with Crippen molar-refractivity contribution in [2.75, 3.05) is 11.9 Å². The zero-order valence-corrected chi connectivity index (χ0v) is 11.9. The fraction of sp³-hybridized carbons (Fsp3) is 0.176. The number of aromatic nitrogens is 1. The molecule has 0 aliphatic rings. The summed E-state index contributed by atoms with van der Waals surface area (Å²) in [4.78, 5) is 16.1. The van der Waals surface area contributed by atoms with Crippen molar-refractivity contribution in [3.05, 3.63) is 59.4 Å². The Balaban J connectivity index is 2.22. The highest BCUT2D eigenvalue weighted by Crippen LogP contribution is 2.19. The minimum Gasteiger partial charge on any atom is -0.322 e. The molecular weight excluding hydrogens is 262 g/mol. The number of carbonyl (C=O) groups is 1. The van der Waals surface area contributed by atoms with Crippen LogP contribution in [-0.2, 0) is 6.42 Å². The van der Waals surface area contributed by atoms with E-state index in [-0.39, 0.29) is 5.91 Å². The molecule has 1 aromatic carbocycles. The first-order chi connectivity index (χ1) is 10.2. The van der Waals surface area contributed by atoms with Crippen LogP contribution in [0.4, 0.5) is 5.69 Å². The Hall–Kier alpha value is -2.64. The Morgan fingerprint density at radius 2 is 2.05 bits per heavy atom. The van der Waals surface area contributed by atoms with Crippen LogP contribution in [0.1, 0.15) is 28.4 Å². The average molecular weight is 279 g/mol. The van der Waals surface area contributed by atoms with Crippen LogP contribution in [0.25, 0.3) is 0 Å². The van der Waals surface area contributed by atoms with E-state index in [0.29, 0.717) is 12.1 Å². The van der Waals surface area contributed by atoms with Gasteiger partial charge in [-0.15, -0.1) is 0 Å². The van der Waals surface area contributed by atoms with Gasteiger partial charge in [0, 0.05) is 29.2 Å². The number of amides is 1. The molecule has 0 radical (unpaired) electrons. The first kappa shape index (κ1) is 14.8. The predicted molar refractivity (Wildman–Crippen MR) is 83.9 cm³/mol. The highest BCUT2D eigenvalue weighted by molar-refractivity contribution is 6.04. The number of nitrogens with one attached hydrogen (secondary N) is 1. The minimum absolute atomic E-state index is 0.145. The van der Waals surface area contributed by atoms with Crippen molar-refractivity contribution in [3.8, 4) is 11.8 Å². The average Bonchev–Trinajstić information content (AvgIpc) is 2.54. The highest BCUT2D eigenvalue weighted by atomic mass is 16.1. The molecule has 4 nitrogen and oxygen atoms in total. The van der Waals surface area contributed by atoms with E-state index in [9.17, 15) is 4.79 Å². The van der Waals surface area contributed by atoms with Gasteiger partial charge in [-0.3, -0.25) is 9.78 Å². The third kappa shape index (κ3) is 3.91. The summed E-state index contributed by atoms with van der Waals surface area (Å²) >= 11 is 0. The molecule has 2 aromatic rings. The van der Waals surface area contributed by atoms with Gasteiger partial charge in [-0.2, -0.15) is 0 Å². The van der Waals surface area contributed by atoms with Crippen molar-refractivity contribution in [2.24, 2.45) is 5.73 Å². The standard InChI is InChI=1S/C17H17N3O/c1-2-14-12-13(4-3-9-18)5-6-16(14)20-17(21)15-7-10-19-11-8-15/h5-8,10-12H,2,9,18H2,1H3,(H,20,21). The van der Waals surface area contributed by atoms with Gasteiger partial charge in [0.15, 0.2) is 0 Å². The third-order valence-electron chi connectivity index (χ3n) is 3.01. The van der Waals surface area contributed by atoms with E-state index >= 15 is 0 Å². The van der Waals surface area contributed by atoms with Crippen LogP contribution in [0.5, 0.6) is 0 Å². The second kappa shape index (κ2) is 7.22. The lowest BCUT2D eigenvalue weighted by molar-refractivity contribution is 0.102. The van der Waals surface area contributed by atoms with Gasteiger partial charge in [-0.05, 0) is 42.3 Å².